The Balaban J connectivity index is 1.19. The van der Waals surface area contributed by atoms with E-state index in [4.69, 9.17) is 9.15 Å². The van der Waals surface area contributed by atoms with E-state index in [1.54, 1.807) is 7.11 Å². The number of nitrogens with one attached hydrogen (secondary N) is 1. The van der Waals surface area contributed by atoms with Gasteiger partial charge >= 0.3 is 0 Å². The largest absolute Gasteiger partial charge is 0.497 e. The zero-order valence-corrected chi connectivity index (χ0v) is 17.9. The molecule has 0 saturated heterocycles. The summed E-state index contributed by atoms with van der Waals surface area (Å²) in [6, 6.07) is 13.3. The molecule has 1 amide bonds. The first-order valence-electron chi connectivity index (χ1n) is 11.4. The highest BCUT2D eigenvalue weighted by Crippen LogP contribution is 2.61. The van der Waals surface area contributed by atoms with Gasteiger partial charge in [-0.25, -0.2) is 4.98 Å². The van der Waals surface area contributed by atoms with Crippen molar-refractivity contribution in [3.05, 3.63) is 42.5 Å². The monoisotopic (exact) mass is 416 g/mol. The van der Waals surface area contributed by atoms with Crippen LogP contribution in [0.4, 0.5) is 5.69 Å². The third-order valence-electron chi connectivity index (χ3n) is 7.69. The summed E-state index contributed by atoms with van der Waals surface area (Å²) in [6.45, 7) is 0. The number of anilines is 1. The van der Waals surface area contributed by atoms with Crippen molar-refractivity contribution in [2.75, 3.05) is 12.4 Å². The van der Waals surface area contributed by atoms with Gasteiger partial charge in [0.15, 0.2) is 5.58 Å². The molecule has 31 heavy (non-hydrogen) atoms. The molecule has 0 radical (unpaired) electrons. The van der Waals surface area contributed by atoms with Crippen LogP contribution < -0.4 is 10.1 Å². The van der Waals surface area contributed by atoms with Crippen molar-refractivity contribution >= 4 is 22.7 Å². The van der Waals surface area contributed by atoms with Crippen molar-refractivity contribution in [3.63, 3.8) is 0 Å². The van der Waals surface area contributed by atoms with Crippen LogP contribution in [0.15, 0.2) is 46.9 Å². The maximum Gasteiger partial charge on any atom is 0.227 e. The maximum absolute atomic E-state index is 13.0. The van der Waals surface area contributed by atoms with Crippen molar-refractivity contribution in [1.29, 1.82) is 0 Å². The van der Waals surface area contributed by atoms with Crippen molar-refractivity contribution < 1.29 is 13.9 Å². The Kier molecular flexibility index (Phi) is 4.34. The number of carbonyl (C=O) groups excluding carboxylic acids is 1. The Morgan fingerprint density at radius 3 is 2.55 bits per heavy atom. The zero-order valence-electron chi connectivity index (χ0n) is 17.9. The van der Waals surface area contributed by atoms with Gasteiger partial charge in [-0.15, -0.1) is 0 Å². The number of benzene rings is 2. The Morgan fingerprint density at radius 1 is 1.10 bits per heavy atom. The molecule has 160 valence electrons. The molecule has 4 aliphatic rings. The normalized spacial score (nSPS) is 28.7. The van der Waals surface area contributed by atoms with Crippen LogP contribution in [0.5, 0.6) is 5.75 Å². The van der Waals surface area contributed by atoms with Crippen LogP contribution in [0.3, 0.4) is 0 Å². The van der Waals surface area contributed by atoms with E-state index in [2.05, 4.69) is 10.3 Å². The van der Waals surface area contributed by atoms with Crippen LogP contribution in [0.1, 0.15) is 44.9 Å². The summed E-state index contributed by atoms with van der Waals surface area (Å²) in [4.78, 5) is 17.6. The van der Waals surface area contributed by atoms with E-state index in [1.165, 1.54) is 38.5 Å². The first-order valence-corrected chi connectivity index (χ1v) is 11.4. The molecule has 4 saturated carbocycles. The van der Waals surface area contributed by atoms with E-state index in [0.29, 0.717) is 17.9 Å². The number of ether oxygens (including phenoxy) is 1. The van der Waals surface area contributed by atoms with Crippen LogP contribution in [0.2, 0.25) is 0 Å². The molecule has 5 nitrogen and oxygen atoms in total. The first kappa shape index (κ1) is 18.9. The lowest BCUT2D eigenvalue weighted by atomic mass is 9.49. The number of amides is 1. The summed E-state index contributed by atoms with van der Waals surface area (Å²) in [7, 11) is 1.64. The van der Waals surface area contributed by atoms with Crippen LogP contribution in [0.25, 0.3) is 22.6 Å². The lowest BCUT2D eigenvalue weighted by Crippen LogP contribution is -2.47. The molecule has 1 aromatic heterocycles. The SMILES string of the molecule is COc1cccc(-c2nc3cc(NC(=O)CC45CC6CC(CC(C6)C4)C5)ccc3o2)c1. The molecule has 5 heteroatoms. The number of nitrogens with zero attached hydrogens (tertiary/aromatic N) is 1. The highest BCUT2D eigenvalue weighted by atomic mass is 16.5. The summed E-state index contributed by atoms with van der Waals surface area (Å²) >= 11 is 0. The van der Waals surface area contributed by atoms with Gasteiger partial charge in [0.2, 0.25) is 11.8 Å². The molecule has 1 heterocycles. The van der Waals surface area contributed by atoms with Gasteiger partial charge in [0.25, 0.3) is 0 Å². The molecular weight excluding hydrogens is 388 g/mol. The number of fused-ring (bicyclic) bond motifs is 1. The molecule has 2 aromatic carbocycles. The Morgan fingerprint density at radius 2 is 1.84 bits per heavy atom. The number of hydrogen-bond donors (Lipinski definition) is 1. The average molecular weight is 417 g/mol. The Bertz CT molecular complexity index is 1110. The smallest absolute Gasteiger partial charge is 0.227 e. The summed E-state index contributed by atoms with van der Waals surface area (Å²) in [6.07, 6.45) is 8.61. The third kappa shape index (κ3) is 3.50. The summed E-state index contributed by atoms with van der Waals surface area (Å²) < 4.78 is 11.2. The predicted molar refractivity (Wildman–Crippen MR) is 120 cm³/mol. The molecule has 4 aliphatic carbocycles. The molecule has 0 aliphatic heterocycles. The minimum Gasteiger partial charge on any atom is -0.497 e. The highest BCUT2D eigenvalue weighted by molar-refractivity contribution is 5.93. The van der Waals surface area contributed by atoms with Gasteiger partial charge in [-0.3, -0.25) is 4.79 Å². The van der Waals surface area contributed by atoms with Gasteiger partial charge in [0.1, 0.15) is 11.3 Å². The second-order valence-corrected chi connectivity index (χ2v) is 10.1. The van der Waals surface area contributed by atoms with Crippen molar-refractivity contribution in [3.8, 4) is 17.2 Å². The maximum atomic E-state index is 13.0. The fourth-order valence-electron chi connectivity index (χ4n) is 6.94. The van der Waals surface area contributed by atoms with Crippen LogP contribution in [-0.2, 0) is 4.79 Å². The number of carbonyl (C=O) groups is 1. The number of rotatable bonds is 5. The van der Waals surface area contributed by atoms with Gasteiger partial charge in [0, 0.05) is 17.7 Å². The fraction of sp³-hybridized carbons (Fsp3) is 0.462. The number of oxazole rings is 1. The van der Waals surface area contributed by atoms with E-state index >= 15 is 0 Å². The highest BCUT2D eigenvalue weighted by Gasteiger charge is 2.51. The minimum atomic E-state index is 0.137. The van der Waals surface area contributed by atoms with E-state index in [-0.39, 0.29) is 11.3 Å². The van der Waals surface area contributed by atoms with Crippen LogP contribution in [-0.4, -0.2) is 18.0 Å². The van der Waals surface area contributed by atoms with Crippen molar-refractivity contribution in [2.45, 2.75) is 44.9 Å². The second kappa shape index (κ2) is 7.11. The summed E-state index contributed by atoms with van der Waals surface area (Å²) in [5, 5.41) is 3.14. The predicted octanol–water partition coefficient (Wildman–Crippen LogP) is 6.05. The van der Waals surface area contributed by atoms with E-state index < -0.39 is 0 Å². The molecule has 1 N–H and O–H groups in total. The molecule has 0 unspecified atom stereocenters. The van der Waals surface area contributed by atoms with E-state index in [9.17, 15) is 4.79 Å². The quantitative estimate of drug-likeness (QED) is 0.550. The summed E-state index contributed by atoms with van der Waals surface area (Å²) in [5.74, 6) is 4.03. The molecular formula is C26H28N2O3. The molecule has 0 atom stereocenters. The number of aromatic nitrogens is 1. The second-order valence-electron chi connectivity index (χ2n) is 10.1. The van der Waals surface area contributed by atoms with Crippen molar-refractivity contribution in [2.24, 2.45) is 23.2 Å². The Hall–Kier alpha value is -2.82. The molecule has 4 fully saturated rings. The van der Waals surface area contributed by atoms with Gasteiger partial charge in [-0.1, -0.05) is 6.07 Å². The minimum absolute atomic E-state index is 0.137. The van der Waals surface area contributed by atoms with E-state index in [1.807, 2.05) is 42.5 Å². The van der Waals surface area contributed by atoms with E-state index in [0.717, 1.165) is 40.3 Å². The first-order chi connectivity index (χ1) is 15.1. The molecule has 4 bridgehead atoms. The van der Waals surface area contributed by atoms with Gasteiger partial charge in [-0.2, -0.15) is 0 Å². The van der Waals surface area contributed by atoms with Gasteiger partial charge in [-0.05, 0) is 98.1 Å². The molecule has 7 rings (SSSR count). The standard InChI is InChI=1S/C26H28N2O3/c1-30-21-4-2-3-19(10-21)25-28-22-11-20(5-6-23(22)31-25)27-24(29)15-26-12-16-7-17(13-26)9-18(8-16)14-26/h2-6,10-11,16-18H,7-9,12-15H2,1H3,(H,27,29). The fourth-order valence-corrected chi connectivity index (χ4v) is 6.94. The lowest BCUT2D eigenvalue weighted by Gasteiger charge is -2.56. The van der Waals surface area contributed by atoms with Crippen molar-refractivity contribution in [1.82, 2.24) is 4.98 Å². The average Bonchev–Trinajstić information content (AvgIpc) is 3.16. The third-order valence-corrected chi connectivity index (χ3v) is 7.69. The van der Waals surface area contributed by atoms with Gasteiger partial charge < -0.3 is 14.5 Å². The lowest BCUT2D eigenvalue weighted by molar-refractivity contribution is -0.124. The van der Waals surface area contributed by atoms with Gasteiger partial charge in [0.05, 0.1) is 7.11 Å². The summed E-state index contributed by atoms with van der Waals surface area (Å²) in [5.41, 5.74) is 3.34. The topological polar surface area (TPSA) is 64.4 Å². The van der Waals surface area contributed by atoms with Crippen LogP contribution in [0, 0.1) is 23.2 Å². The molecule has 3 aromatic rings. The zero-order chi connectivity index (χ0) is 21.0. The number of methoxy groups -OCH3 is 1. The Labute approximate surface area is 182 Å². The van der Waals surface area contributed by atoms with Crippen LogP contribution >= 0.6 is 0 Å². The molecule has 0 spiro atoms. The number of hydrogen-bond acceptors (Lipinski definition) is 4.